The topological polar surface area (TPSA) is 101 Å². The summed E-state index contributed by atoms with van der Waals surface area (Å²) < 4.78 is 13.0. The number of nitrogens with zero attached hydrogens (tertiary/aromatic N) is 1. The maximum Gasteiger partial charge on any atom is 0.313 e. The van der Waals surface area contributed by atoms with Crippen molar-refractivity contribution in [2.75, 3.05) is 11.9 Å². The van der Waals surface area contributed by atoms with Gasteiger partial charge in [-0.1, -0.05) is 12.1 Å². The summed E-state index contributed by atoms with van der Waals surface area (Å²) in [6.07, 6.45) is 1.70. The molecule has 0 bridgehead atoms. The highest BCUT2D eigenvalue weighted by atomic mass is 19.1. The number of carbonyl (C=O) groups is 2. The van der Waals surface area contributed by atoms with Crippen LogP contribution in [0.4, 0.5) is 15.8 Å². The molecule has 1 aliphatic carbocycles. The van der Waals surface area contributed by atoms with Crippen LogP contribution in [0.15, 0.2) is 48.5 Å². The Morgan fingerprint density at radius 1 is 1.04 bits per heavy atom. The lowest BCUT2D eigenvalue weighted by atomic mass is 9.96. The lowest BCUT2D eigenvalue weighted by Crippen LogP contribution is -2.39. The van der Waals surface area contributed by atoms with Gasteiger partial charge in [-0.2, -0.15) is 0 Å². The standard InChI is InChI=1S/C18H16FN3O4/c19-13-3-1-12(2-4-13)18(9-10-18)11-20-16(23)17(24)21-14-5-7-15(8-6-14)22(25)26/h1-8H,9-11H2,(H,20,23)(H,21,24). The maximum atomic E-state index is 13.0. The van der Waals surface area contributed by atoms with Crippen LogP contribution in [-0.4, -0.2) is 23.3 Å². The van der Waals surface area contributed by atoms with Crippen LogP contribution >= 0.6 is 0 Å². The van der Waals surface area contributed by atoms with E-state index in [9.17, 15) is 24.1 Å². The number of nitrogens with one attached hydrogen (secondary N) is 2. The fourth-order valence-electron chi connectivity index (χ4n) is 2.71. The maximum absolute atomic E-state index is 13.0. The number of amides is 2. The molecule has 0 atom stereocenters. The molecule has 2 aromatic carbocycles. The Labute approximate surface area is 148 Å². The molecule has 8 heteroatoms. The second-order valence-corrected chi connectivity index (χ2v) is 6.23. The Kier molecular flexibility index (Phi) is 4.66. The fraction of sp³-hybridized carbons (Fsp3) is 0.222. The van der Waals surface area contributed by atoms with Crippen molar-refractivity contribution in [3.8, 4) is 0 Å². The molecule has 0 aromatic heterocycles. The normalized spacial score (nSPS) is 14.3. The average molecular weight is 357 g/mol. The molecule has 0 heterocycles. The number of hydrogen-bond acceptors (Lipinski definition) is 4. The third-order valence-corrected chi connectivity index (χ3v) is 4.44. The summed E-state index contributed by atoms with van der Waals surface area (Å²) in [6.45, 7) is 0.283. The third-order valence-electron chi connectivity index (χ3n) is 4.44. The molecule has 1 fully saturated rings. The fourth-order valence-corrected chi connectivity index (χ4v) is 2.71. The second kappa shape index (κ2) is 6.91. The van der Waals surface area contributed by atoms with Crippen molar-refractivity contribution >= 4 is 23.2 Å². The number of hydrogen-bond donors (Lipinski definition) is 2. The number of non-ortho nitro benzene ring substituents is 1. The van der Waals surface area contributed by atoms with E-state index in [-0.39, 0.29) is 29.2 Å². The van der Waals surface area contributed by atoms with Crippen LogP contribution in [0.3, 0.4) is 0 Å². The first-order chi connectivity index (χ1) is 12.4. The Morgan fingerprint density at radius 3 is 2.19 bits per heavy atom. The van der Waals surface area contributed by atoms with Crippen LogP contribution in [0.2, 0.25) is 0 Å². The summed E-state index contributed by atoms with van der Waals surface area (Å²) in [4.78, 5) is 34.0. The number of nitro benzene ring substituents is 1. The average Bonchev–Trinajstić information content (AvgIpc) is 3.42. The van der Waals surface area contributed by atoms with Crippen LogP contribution in [0, 0.1) is 15.9 Å². The smallest absolute Gasteiger partial charge is 0.313 e. The Balaban J connectivity index is 1.55. The van der Waals surface area contributed by atoms with E-state index in [1.54, 1.807) is 12.1 Å². The van der Waals surface area contributed by atoms with Crippen molar-refractivity contribution in [1.82, 2.24) is 5.32 Å². The quantitative estimate of drug-likeness (QED) is 0.488. The van der Waals surface area contributed by atoms with Gasteiger partial charge in [-0.3, -0.25) is 19.7 Å². The van der Waals surface area contributed by atoms with Gasteiger partial charge in [0.25, 0.3) is 5.69 Å². The summed E-state index contributed by atoms with van der Waals surface area (Å²) in [5.74, 6) is -1.97. The molecule has 26 heavy (non-hydrogen) atoms. The van der Waals surface area contributed by atoms with Crippen LogP contribution in [0.1, 0.15) is 18.4 Å². The number of anilines is 1. The molecule has 0 radical (unpaired) electrons. The van der Waals surface area contributed by atoms with E-state index >= 15 is 0 Å². The van der Waals surface area contributed by atoms with Gasteiger partial charge in [-0.15, -0.1) is 0 Å². The van der Waals surface area contributed by atoms with Gasteiger partial charge >= 0.3 is 11.8 Å². The molecule has 2 N–H and O–H groups in total. The summed E-state index contributed by atoms with van der Waals surface area (Å²) in [6, 6.07) is 11.3. The Hall–Kier alpha value is -3.29. The minimum atomic E-state index is -0.853. The predicted octanol–water partition coefficient (Wildman–Crippen LogP) is 2.52. The molecule has 2 amide bonds. The molecule has 0 unspecified atom stereocenters. The lowest BCUT2D eigenvalue weighted by Gasteiger charge is -2.16. The number of benzene rings is 2. The zero-order chi connectivity index (χ0) is 18.7. The largest absolute Gasteiger partial charge is 0.347 e. The first-order valence-electron chi connectivity index (χ1n) is 7.99. The minimum absolute atomic E-state index is 0.109. The summed E-state index contributed by atoms with van der Waals surface area (Å²) in [7, 11) is 0. The van der Waals surface area contributed by atoms with Crippen LogP contribution < -0.4 is 10.6 Å². The molecular formula is C18H16FN3O4. The van der Waals surface area contributed by atoms with Gasteiger partial charge in [0.15, 0.2) is 0 Å². The van der Waals surface area contributed by atoms with E-state index in [0.717, 1.165) is 18.4 Å². The van der Waals surface area contributed by atoms with E-state index in [2.05, 4.69) is 10.6 Å². The highest BCUT2D eigenvalue weighted by molar-refractivity contribution is 6.39. The molecular weight excluding hydrogens is 341 g/mol. The van der Waals surface area contributed by atoms with Crippen molar-refractivity contribution in [2.24, 2.45) is 0 Å². The zero-order valence-corrected chi connectivity index (χ0v) is 13.7. The summed E-state index contributed by atoms with van der Waals surface area (Å²) in [5, 5.41) is 15.6. The van der Waals surface area contributed by atoms with E-state index in [1.807, 2.05) is 0 Å². The molecule has 2 aromatic rings. The van der Waals surface area contributed by atoms with E-state index in [4.69, 9.17) is 0 Å². The summed E-state index contributed by atoms with van der Waals surface area (Å²) in [5.41, 5.74) is 0.851. The first-order valence-corrected chi connectivity index (χ1v) is 7.99. The Morgan fingerprint density at radius 2 is 1.65 bits per heavy atom. The molecule has 7 nitrogen and oxygen atoms in total. The van der Waals surface area contributed by atoms with Crippen molar-refractivity contribution in [2.45, 2.75) is 18.3 Å². The van der Waals surface area contributed by atoms with Crippen molar-refractivity contribution in [3.63, 3.8) is 0 Å². The molecule has 0 saturated heterocycles. The molecule has 134 valence electrons. The molecule has 1 saturated carbocycles. The molecule has 3 rings (SSSR count). The number of rotatable bonds is 5. The number of halogens is 1. The Bertz CT molecular complexity index is 846. The van der Waals surface area contributed by atoms with E-state index in [1.165, 1.54) is 36.4 Å². The second-order valence-electron chi connectivity index (χ2n) is 6.23. The van der Waals surface area contributed by atoms with E-state index in [0.29, 0.717) is 0 Å². The number of nitro groups is 1. The predicted molar refractivity (Wildman–Crippen MR) is 92.0 cm³/mol. The highest BCUT2D eigenvalue weighted by Crippen LogP contribution is 2.47. The third kappa shape index (κ3) is 3.85. The van der Waals surface area contributed by atoms with Crippen molar-refractivity contribution in [3.05, 3.63) is 70.0 Å². The van der Waals surface area contributed by atoms with Crippen LogP contribution in [-0.2, 0) is 15.0 Å². The van der Waals surface area contributed by atoms with Crippen LogP contribution in [0.25, 0.3) is 0 Å². The van der Waals surface area contributed by atoms with Gasteiger partial charge in [0.1, 0.15) is 5.82 Å². The summed E-state index contributed by atoms with van der Waals surface area (Å²) >= 11 is 0. The molecule has 0 aliphatic heterocycles. The first kappa shape index (κ1) is 17.5. The molecule has 0 spiro atoms. The lowest BCUT2D eigenvalue weighted by molar-refractivity contribution is -0.384. The van der Waals surface area contributed by atoms with E-state index < -0.39 is 16.7 Å². The monoisotopic (exact) mass is 357 g/mol. The van der Waals surface area contributed by atoms with Gasteiger partial charge in [-0.25, -0.2) is 4.39 Å². The van der Waals surface area contributed by atoms with Crippen molar-refractivity contribution < 1.29 is 18.9 Å². The SMILES string of the molecule is O=C(NCC1(c2ccc(F)cc2)CC1)C(=O)Nc1ccc([N+](=O)[O-])cc1. The van der Waals surface area contributed by atoms with Crippen molar-refractivity contribution in [1.29, 1.82) is 0 Å². The van der Waals surface area contributed by atoms with Gasteiger partial charge < -0.3 is 10.6 Å². The zero-order valence-electron chi connectivity index (χ0n) is 13.7. The minimum Gasteiger partial charge on any atom is -0.347 e. The van der Waals surface area contributed by atoms with Gasteiger partial charge in [0, 0.05) is 29.8 Å². The molecule has 1 aliphatic rings. The van der Waals surface area contributed by atoms with Crippen LogP contribution in [0.5, 0.6) is 0 Å². The van der Waals surface area contributed by atoms with Gasteiger partial charge in [-0.05, 0) is 42.7 Å². The van der Waals surface area contributed by atoms with Gasteiger partial charge in [0.2, 0.25) is 0 Å². The highest BCUT2D eigenvalue weighted by Gasteiger charge is 2.44. The number of carbonyl (C=O) groups excluding carboxylic acids is 2. The van der Waals surface area contributed by atoms with Gasteiger partial charge in [0.05, 0.1) is 4.92 Å².